The largest absolute Gasteiger partial charge is 0.299 e. The van der Waals surface area contributed by atoms with Crippen LogP contribution in [0.25, 0.3) is 0 Å². The second-order valence-corrected chi connectivity index (χ2v) is 4.02. The van der Waals surface area contributed by atoms with Crippen molar-refractivity contribution in [2.75, 3.05) is 0 Å². The molecule has 0 radical (unpaired) electrons. The average molecular weight is 166 g/mol. The summed E-state index contributed by atoms with van der Waals surface area (Å²) in [5.41, 5.74) is 0. The molecule has 0 spiro atoms. The molecule has 2 nitrogen and oxygen atoms in total. The lowest BCUT2D eigenvalue weighted by molar-refractivity contribution is -0.127. The lowest BCUT2D eigenvalue weighted by atomic mass is 9.81. The van der Waals surface area contributed by atoms with Gasteiger partial charge >= 0.3 is 0 Å². The summed E-state index contributed by atoms with van der Waals surface area (Å²) in [7, 11) is 0. The summed E-state index contributed by atoms with van der Waals surface area (Å²) in [5, 5.41) is 0. The van der Waals surface area contributed by atoms with Crippen LogP contribution < -0.4 is 0 Å². The Kier molecular flexibility index (Phi) is 1.78. The van der Waals surface area contributed by atoms with Gasteiger partial charge in [0.1, 0.15) is 11.6 Å². The number of hydrogen-bond acceptors (Lipinski definition) is 2. The third kappa shape index (κ3) is 0.936. The van der Waals surface area contributed by atoms with Gasteiger partial charge in [-0.3, -0.25) is 9.59 Å². The molecule has 0 bridgehead atoms. The molecule has 0 aromatic rings. The number of hydrogen-bond donors (Lipinski definition) is 0. The van der Waals surface area contributed by atoms with E-state index in [4.69, 9.17) is 0 Å². The van der Waals surface area contributed by atoms with Crippen LogP contribution in [-0.2, 0) is 9.59 Å². The van der Waals surface area contributed by atoms with E-state index in [0.29, 0.717) is 0 Å². The fraction of sp³-hybridized carbons (Fsp3) is 0.800. The second-order valence-electron chi connectivity index (χ2n) is 4.02. The Labute approximate surface area is 72.3 Å². The normalized spacial score (nSPS) is 41.6. The molecule has 12 heavy (non-hydrogen) atoms. The average Bonchev–Trinajstić information content (AvgIpc) is 2.33. The van der Waals surface area contributed by atoms with E-state index in [0.717, 1.165) is 25.7 Å². The smallest absolute Gasteiger partial charge is 0.146 e. The van der Waals surface area contributed by atoms with E-state index in [9.17, 15) is 9.59 Å². The van der Waals surface area contributed by atoms with Gasteiger partial charge in [-0.05, 0) is 19.8 Å². The summed E-state index contributed by atoms with van der Waals surface area (Å²) in [4.78, 5) is 23.1. The Balaban J connectivity index is 2.25. The van der Waals surface area contributed by atoms with E-state index < -0.39 is 0 Å². The number of rotatable bonds is 0. The number of carbonyl (C=O) groups excluding carboxylic acids is 2. The van der Waals surface area contributed by atoms with Gasteiger partial charge in [-0.1, -0.05) is 12.8 Å². The molecule has 2 unspecified atom stereocenters. The van der Waals surface area contributed by atoms with E-state index in [-0.39, 0.29) is 29.3 Å². The highest BCUT2D eigenvalue weighted by Crippen LogP contribution is 2.40. The Bertz CT molecular complexity index is 208. The van der Waals surface area contributed by atoms with E-state index in [1.807, 2.05) is 0 Å². The van der Waals surface area contributed by atoms with Gasteiger partial charge in [0.25, 0.3) is 0 Å². The van der Waals surface area contributed by atoms with Gasteiger partial charge in [0.15, 0.2) is 0 Å². The Morgan fingerprint density at radius 1 is 1.00 bits per heavy atom. The van der Waals surface area contributed by atoms with E-state index in [2.05, 4.69) is 0 Å². The van der Waals surface area contributed by atoms with Gasteiger partial charge in [-0.25, -0.2) is 0 Å². The lowest BCUT2D eigenvalue weighted by Gasteiger charge is -2.21. The van der Waals surface area contributed by atoms with Crippen LogP contribution in [0.1, 0.15) is 32.6 Å². The maximum Gasteiger partial charge on any atom is 0.146 e. The molecule has 0 heterocycles. The maximum absolute atomic E-state index is 11.5. The van der Waals surface area contributed by atoms with Crippen LogP contribution in [0.2, 0.25) is 0 Å². The van der Waals surface area contributed by atoms with Crippen LogP contribution in [-0.4, -0.2) is 11.6 Å². The van der Waals surface area contributed by atoms with Gasteiger partial charge in [-0.15, -0.1) is 0 Å². The zero-order valence-electron chi connectivity index (χ0n) is 7.38. The molecule has 0 N–H and O–H groups in total. The van der Waals surface area contributed by atoms with E-state index >= 15 is 0 Å². The summed E-state index contributed by atoms with van der Waals surface area (Å²) in [6.45, 7) is 1.77. The number of Topliss-reactive ketones (excluding diaryl/α,β-unsaturated/α-hetero) is 2. The van der Waals surface area contributed by atoms with E-state index in [1.165, 1.54) is 0 Å². The topological polar surface area (TPSA) is 34.1 Å². The van der Waals surface area contributed by atoms with Crippen LogP contribution >= 0.6 is 0 Å². The summed E-state index contributed by atoms with van der Waals surface area (Å²) < 4.78 is 0. The fourth-order valence-electron chi connectivity index (χ4n) is 2.59. The minimum absolute atomic E-state index is 0.0984. The van der Waals surface area contributed by atoms with Crippen molar-refractivity contribution in [3.05, 3.63) is 0 Å². The quantitative estimate of drug-likeness (QED) is 0.512. The summed E-state index contributed by atoms with van der Waals surface area (Å²) in [5.74, 6) is 0.329. The molecular weight excluding hydrogens is 152 g/mol. The molecule has 0 aliphatic heterocycles. The first kappa shape index (κ1) is 7.96. The molecule has 0 amide bonds. The van der Waals surface area contributed by atoms with Gasteiger partial charge in [0.2, 0.25) is 0 Å². The molecule has 2 saturated carbocycles. The van der Waals surface area contributed by atoms with Crippen LogP contribution in [0.3, 0.4) is 0 Å². The van der Waals surface area contributed by atoms with Gasteiger partial charge in [-0.2, -0.15) is 0 Å². The zero-order chi connectivity index (χ0) is 8.72. The predicted octanol–water partition coefficient (Wildman–Crippen LogP) is 1.58. The van der Waals surface area contributed by atoms with Crippen LogP contribution in [0.4, 0.5) is 0 Å². The second kappa shape index (κ2) is 2.68. The zero-order valence-corrected chi connectivity index (χ0v) is 7.38. The van der Waals surface area contributed by atoms with Crippen molar-refractivity contribution in [1.82, 2.24) is 0 Å². The molecule has 2 aliphatic carbocycles. The van der Waals surface area contributed by atoms with Crippen LogP contribution in [0, 0.1) is 17.8 Å². The minimum Gasteiger partial charge on any atom is -0.299 e. The third-order valence-corrected chi connectivity index (χ3v) is 3.35. The molecule has 0 aromatic heterocycles. The van der Waals surface area contributed by atoms with Crippen molar-refractivity contribution in [3.63, 3.8) is 0 Å². The van der Waals surface area contributed by atoms with Crippen molar-refractivity contribution in [2.45, 2.75) is 32.6 Å². The monoisotopic (exact) mass is 166 g/mol. The first-order chi connectivity index (χ1) is 5.72. The van der Waals surface area contributed by atoms with Crippen molar-refractivity contribution >= 4 is 11.6 Å². The highest BCUT2D eigenvalue weighted by atomic mass is 16.2. The van der Waals surface area contributed by atoms with Gasteiger partial charge in [0, 0.05) is 11.8 Å². The van der Waals surface area contributed by atoms with Crippen molar-refractivity contribution in [3.8, 4) is 0 Å². The first-order valence-electron chi connectivity index (χ1n) is 4.79. The highest BCUT2D eigenvalue weighted by molar-refractivity contribution is 6.11. The maximum atomic E-state index is 11.5. The molecule has 2 heteroatoms. The number of carbonyl (C=O) groups is 2. The number of fused-ring (bicyclic) bond motifs is 1. The molecule has 2 aliphatic rings. The Morgan fingerprint density at radius 3 is 1.83 bits per heavy atom. The predicted molar refractivity (Wildman–Crippen MR) is 44.6 cm³/mol. The minimum atomic E-state index is -0.293. The summed E-state index contributed by atoms with van der Waals surface area (Å²) in [6, 6.07) is 0. The molecular formula is C10H14O2. The molecule has 0 saturated heterocycles. The lowest BCUT2D eigenvalue weighted by Crippen LogP contribution is -2.21. The third-order valence-electron chi connectivity index (χ3n) is 3.35. The first-order valence-corrected chi connectivity index (χ1v) is 4.79. The van der Waals surface area contributed by atoms with Crippen LogP contribution in [0.5, 0.6) is 0 Å². The van der Waals surface area contributed by atoms with Crippen molar-refractivity contribution in [1.29, 1.82) is 0 Å². The Morgan fingerprint density at radius 2 is 1.42 bits per heavy atom. The molecule has 0 aromatic carbocycles. The summed E-state index contributed by atoms with van der Waals surface area (Å²) >= 11 is 0. The van der Waals surface area contributed by atoms with Crippen molar-refractivity contribution in [2.24, 2.45) is 17.8 Å². The molecule has 66 valence electrons. The molecule has 2 fully saturated rings. The highest BCUT2D eigenvalue weighted by Gasteiger charge is 2.47. The Hall–Kier alpha value is -0.660. The van der Waals surface area contributed by atoms with Gasteiger partial charge in [0.05, 0.1) is 5.92 Å². The van der Waals surface area contributed by atoms with E-state index in [1.54, 1.807) is 6.92 Å². The molecule has 2 atom stereocenters. The van der Waals surface area contributed by atoms with Crippen molar-refractivity contribution < 1.29 is 9.59 Å². The standard InChI is InChI=1S/C10H14O2/c1-6-9(11)7-4-2-3-5-8(7)10(6)12/h6-8H,2-5H2,1H3. The fourth-order valence-corrected chi connectivity index (χ4v) is 2.59. The van der Waals surface area contributed by atoms with Crippen LogP contribution in [0.15, 0.2) is 0 Å². The summed E-state index contributed by atoms with van der Waals surface area (Å²) in [6.07, 6.45) is 4.18. The van der Waals surface area contributed by atoms with Gasteiger partial charge < -0.3 is 0 Å². The number of ketones is 2. The SMILES string of the molecule is CC1C(=O)C2CCCCC2C1=O. The molecule has 2 rings (SSSR count).